The molecule has 9 aromatic rings. The number of rotatable bonds is 1. The van der Waals surface area contributed by atoms with Gasteiger partial charge in [-0.3, -0.25) is 13.5 Å². The first-order valence-corrected chi connectivity index (χ1v) is 15.0. The Morgan fingerprint density at radius 2 is 1.09 bits per heavy atom. The molecule has 11 rings (SSSR count). The maximum Gasteiger partial charge on any atom is 0.220 e. The SMILES string of the molecule is c1ccc2c(c1)-c1ccccc1C21c2ccccc2-n2c1nc1cc(-n3c4ccccc4n4c5ccccc5nc34)ccc12. The summed E-state index contributed by atoms with van der Waals surface area (Å²) in [5, 5.41) is 0. The first kappa shape index (κ1) is 22.6. The van der Waals surface area contributed by atoms with E-state index in [9.17, 15) is 0 Å². The number of fused-ring (bicyclic) bond motifs is 17. The molecule has 0 bridgehead atoms. The zero-order valence-electron chi connectivity index (χ0n) is 23.5. The molecular weight excluding hydrogens is 538 g/mol. The average molecular weight is 562 g/mol. The molecule has 1 aliphatic carbocycles. The fourth-order valence-corrected chi connectivity index (χ4v) is 8.18. The van der Waals surface area contributed by atoms with Crippen molar-refractivity contribution in [3.05, 3.63) is 162 Å². The number of hydrogen-bond acceptors (Lipinski definition) is 2. The predicted molar refractivity (Wildman–Crippen MR) is 175 cm³/mol. The molecule has 4 heterocycles. The van der Waals surface area contributed by atoms with Crippen molar-refractivity contribution in [2.24, 2.45) is 0 Å². The van der Waals surface area contributed by atoms with Crippen LogP contribution in [-0.2, 0) is 5.41 Å². The van der Waals surface area contributed by atoms with E-state index in [2.05, 4.69) is 147 Å². The quantitative estimate of drug-likeness (QED) is 0.202. The third-order valence-electron chi connectivity index (χ3n) is 9.84. The van der Waals surface area contributed by atoms with Crippen LogP contribution in [0.2, 0.25) is 0 Å². The minimum absolute atomic E-state index is 0.475. The summed E-state index contributed by atoms with van der Waals surface area (Å²) in [6.07, 6.45) is 0. The standard InChI is InChI=1S/C39H23N5/c1-3-13-27-25(11-1)26-12-2-4-14-28(26)39(27)29-15-5-7-17-32(29)43-34-22-21-24(23-31(34)40-37(39)43)42-35-19-9-10-20-36(35)44-33-18-8-6-16-30(33)41-38(42)44/h1-23H. The highest BCUT2D eigenvalue weighted by Crippen LogP contribution is 2.60. The molecule has 0 amide bonds. The van der Waals surface area contributed by atoms with Crippen LogP contribution in [0.1, 0.15) is 22.5 Å². The maximum absolute atomic E-state index is 5.54. The van der Waals surface area contributed by atoms with Crippen molar-refractivity contribution >= 4 is 38.9 Å². The summed E-state index contributed by atoms with van der Waals surface area (Å²) in [6.45, 7) is 0. The molecule has 3 aromatic heterocycles. The van der Waals surface area contributed by atoms with Gasteiger partial charge in [-0.25, -0.2) is 9.97 Å². The summed E-state index contributed by atoms with van der Waals surface area (Å²) < 4.78 is 6.92. The third-order valence-corrected chi connectivity index (χ3v) is 9.84. The van der Waals surface area contributed by atoms with Crippen molar-refractivity contribution in [3.63, 3.8) is 0 Å². The molecule has 1 spiro atoms. The zero-order chi connectivity index (χ0) is 28.6. The van der Waals surface area contributed by atoms with Crippen molar-refractivity contribution in [3.8, 4) is 22.5 Å². The van der Waals surface area contributed by atoms with Gasteiger partial charge in [-0.1, -0.05) is 91.0 Å². The molecule has 5 heteroatoms. The van der Waals surface area contributed by atoms with Crippen LogP contribution in [0.5, 0.6) is 0 Å². The van der Waals surface area contributed by atoms with E-state index >= 15 is 0 Å². The van der Waals surface area contributed by atoms with Crippen molar-refractivity contribution < 1.29 is 0 Å². The number of benzene rings is 6. The highest BCUT2D eigenvalue weighted by atomic mass is 15.2. The minimum Gasteiger partial charge on any atom is -0.295 e. The molecule has 0 atom stereocenters. The van der Waals surface area contributed by atoms with Gasteiger partial charge in [-0.15, -0.1) is 0 Å². The molecule has 0 fully saturated rings. The molecule has 0 saturated carbocycles. The molecule has 0 saturated heterocycles. The van der Waals surface area contributed by atoms with Crippen LogP contribution >= 0.6 is 0 Å². The average Bonchev–Trinajstić information content (AvgIpc) is 3.85. The van der Waals surface area contributed by atoms with E-state index in [4.69, 9.17) is 9.97 Å². The van der Waals surface area contributed by atoms with Gasteiger partial charge < -0.3 is 0 Å². The van der Waals surface area contributed by atoms with Gasteiger partial charge in [-0.05, 0) is 76.3 Å². The largest absolute Gasteiger partial charge is 0.295 e. The number of imidazole rings is 3. The Morgan fingerprint density at radius 1 is 0.455 bits per heavy atom. The Labute approximate surface area is 251 Å². The molecule has 44 heavy (non-hydrogen) atoms. The molecule has 6 aromatic carbocycles. The molecular formula is C39H23N5. The highest BCUT2D eigenvalue weighted by Gasteiger charge is 2.54. The smallest absolute Gasteiger partial charge is 0.220 e. The van der Waals surface area contributed by atoms with E-state index in [0.29, 0.717) is 0 Å². The van der Waals surface area contributed by atoms with Crippen molar-refractivity contribution in [2.45, 2.75) is 5.41 Å². The number of aromatic nitrogens is 5. The second kappa shape index (κ2) is 7.71. The highest BCUT2D eigenvalue weighted by molar-refractivity contribution is 5.94. The Morgan fingerprint density at radius 3 is 1.89 bits per heavy atom. The Hall–Kier alpha value is -5.94. The van der Waals surface area contributed by atoms with Crippen LogP contribution in [0.3, 0.4) is 0 Å². The molecule has 5 nitrogen and oxygen atoms in total. The summed E-state index contributed by atoms with van der Waals surface area (Å²) in [5.41, 5.74) is 14.6. The van der Waals surface area contributed by atoms with E-state index in [1.54, 1.807) is 0 Å². The van der Waals surface area contributed by atoms with Gasteiger partial charge in [0, 0.05) is 0 Å². The summed E-state index contributed by atoms with van der Waals surface area (Å²) >= 11 is 0. The molecule has 204 valence electrons. The molecule has 1 aliphatic heterocycles. The van der Waals surface area contributed by atoms with Gasteiger partial charge in [0.2, 0.25) is 5.78 Å². The summed E-state index contributed by atoms with van der Waals surface area (Å²) in [5.74, 6) is 1.95. The zero-order valence-corrected chi connectivity index (χ0v) is 23.5. The third kappa shape index (κ3) is 2.47. The fourth-order valence-electron chi connectivity index (χ4n) is 8.18. The summed E-state index contributed by atoms with van der Waals surface area (Å²) in [6, 6.07) is 50.1. The number of nitrogens with zero attached hydrogens (tertiary/aromatic N) is 5. The van der Waals surface area contributed by atoms with Gasteiger partial charge in [0.1, 0.15) is 11.2 Å². The minimum atomic E-state index is -0.475. The summed E-state index contributed by atoms with van der Waals surface area (Å²) in [7, 11) is 0. The van der Waals surface area contributed by atoms with Crippen LogP contribution in [-0.4, -0.2) is 23.5 Å². The lowest BCUT2D eigenvalue weighted by atomic mass is 9.73. The van der Waals surface area contributed by atoms with Gasteiger partial charge in [0.15, 0.2) is 0 Å². The van der Waals surface area contributed by atoms with Crippen LogP contribution in [0.15, 0.2) is 140 Å². The lowest BCUT2D eigenvalue weighted by molar-refractivity contribution is 0.738. The van der Waals surface area contributed by atoms with Gasteiger partial charge >= 0.3 is 0 Å². The second-order valence-electron chi connectivity index (χ2n) is 11.9. The molecule has 0 N–H and O–H groups in total. The van der Waals surface area contributed by atoms with Crippen LogP contribution in [0, 0.1) is 0 Å². The topological polar surface area (TPSA) is 40.0 Å². The first-order valence-electron chi connectivity index (χ1n) is 15.0. The fraction of sp³-hybridized carbons (Fsp3) is 0.0256. The Bertz CT molecular complexity index is 2640. The van der Waals surface area contributed by atoms with Crippen molar-refractivity contribution in [1.29, 1.82) is 0 Å². The van der Waals surface area contributed by atoms with E-state index < -0.39 is 5.41 Å². The first-order chi connectivity index (χ1) is 21.8. The van der Waals surface area contributed by atoms with Crippen molar-refractivity contribution in [2.75, 3.05) is 0 Å². The van der Waals surface area contributed by atoms with Gasteiger partial charge in [0.25, 0.3) is 0 Å². The van der Waals surface area contributed by atoms with Gasteiger partial charge in [-0.2, -0.15) is 0 Å². The van der Waals surface area contributed by atoms with Crippen LogP contribution in [0.4, 0.5) is 0 Å². The van der Waals surface area contributed by atoms with E-state index in [0.717, 1.165) is 50.4 Å². The molecule has 0 radical (unpaired) electrons. The van der Waals surface area contributed by atoms with Crippen LogP contribution in [0.25, 0.3) is 61.4 Å². The van der Waals surface area contributed by atoms with Gasteiger partial charge in [0.05, 0.1) is 44.5 Å². The summed E-state index contributed by atoms with van der Waals surface area (Å²) in [4.78, 5) is 10.6. The lowest BCUT2D eigenvalue weighted by Crippen LogP contribution is -2.27. The maximum atomic E-state index is 5.54. The Kier molecular flexibility index (Phi) is 3.97. The second-order valence-corrected chi connectivity index (χ2v) is 11.9. The van der Waals surface area contributed by atoms with Crippen LogP contribution < -0.4 is 0 Å². The predicted octanol–water partition coefficient (Wildman–Crippen LogP) is 8.45. The number of hydrogen-bond donors (Lipinski definition) is 0. The van der Waals surface area contributed by atoms with E-state index in [1.165, 1.54) is 33.5 Å². The number of para-hydroxylation sites is 5. The van der Waals surface area contributed by atoms with Crippen molar-refractivity contribution in [1.82, 2.24) is 23.5 Å². The van der Waals surface area contributed by atoms with E-state index in [-0.39, 0.29) is 0 Å². The molecule has 2 aliphatic rings. The monoisotopic (exact) mass is 561 g/mol. The Balaban J connectivity index is 1.24. The lowest BCUT2D eigenvalue weighted by Gasteiger charge is -2.27. The molecule has 0 unspecified atom stereocenters. The normalized spacial score (nSPS) is 14.1. The van der Waals surface area contributed by atoms with E-state index in [1.807, 2.05) is 6.07 Å².